The van der Waals surface area contributed by atoms with Crippen LogP contribution < -0.4 is 5.73 Å². The second-order valence-corrected chi connectivity index (χ2v) is 4.30. The number of likely N-dealkylation sites (tertiary alicyclic amines) is 1. The number of thiazole rings is 1. The molecule has 0 spiro atoms. The molecule has 2 rings (SSSR count). The van der Waals surface area contributed by atoms with Crippen molar-refractivity contribution in [2.24, 2.45) is 5.73 Å². The number of rotatable bonds is 3. The van der Waals surface area contributed by atoms with Crippen molar-refractivity contribution in [1.29, 1.82) is 0 Å². The number of carbonyl (C=O) groups excluding carboxylic acids is 1. The third-order valence-corrected chi connectivity index (χ3v) is 3.22. The minimum atomic E-state index is 0.243. The smallest absolute Gasteiger partial charge is 0.222 e. The van der Waals surface area contributed by atoms with E-state index >= 15 is 0 Å². The van der Waals surface area contributed by atoms with Gasteiger partial charge in [-0.2, -0.15) is 0 Å². The normalized spacial score (nSPS) is 16.6. The average Bonchev–Trinajstić information content (AvgIpc) is 2.77. The number of hydrogen-bond acceptors (Lipinski definition) is 4. The zero-order valence-corrected chi connectivity index (χ0v) is 8.72. The number of amides is 1. The molecule has 1 aromatic heterocycles. The monoisotopic (exact) mass is 211 g/mol. The fraction of sp³-hybridized carbons (Fsp3) is 0.556. The molecular weight excluding hydrogens is 198 g/mol. The van der Waals surface area contributed by atoms with E-state index in [0.717, 1.165) is 23.7 Å². The minimum absolute atomic E-state index is 0.243. The van der Waals surface area contributed by atoms with Crippen molar-refractivity contribution in [2.45, 2.75) is 25.9 Å². The summed E-state index contributed by atoms with van der Waals surface area (Å²) < 4.78 is 0. The number of nitrogens with two attached hydrogens (primary N) is 1. The first-order valence-electron chi connectivity index (χ1n) is 4.70. The summed E-state index contributed by atoms with van der Waals surface area (Å²) in [5.74, 6) is 0.243. The Morgan fingerprint density at radius 2 is 2.50 bits per heavy atom. The highest BCUT2D eigenvalue weighted by Crippen LogP contribution is 2.15. The van der Waals surface area contributed by atoms with Crippen molar-refractivity contribution in [3.63, 3.8) is 0 Å². The van der Waals surface area contributed by atoms with Gasteiger partial charge < -0.3 is 10.6 Å². The maximum absolute atomic E-state index is 11.3. The van der Waals surface area contributed by atoms with Crippen molar-refractivity contribution in [2.75, 3.05) is 6.54 Å². The van der Waals surface area contributed by atoms with Crippen LogP contribution in [0.5, 0.6) is 0 Å². The van der Waals surface area contributed by atoms with Crippen LogP contribution in [0.1, 0.15) is 23.5 Å². The Morgan fingerprint density at radius 3 is 3.07 bits per heavy atom. The molecule has 0 atom stereocenters. The molecule has 0 saturated carbocycles. The Kier molecular flexibility index (Phi) is 2.79. The maximum Gasteiger partial charge on any atom is 0.222 e. The van der Waals surface area contributed by atoms with Crippen LogP contribution in [-0.2, 0) is 17.9 Å². The second kappa shape index (κ2) is 4.06. The molecule has 0 aliphatic carbocycles. The largest absolute Gasteiger partial charge is 0.337 e. The zero-order valence-electron chi connectivity index (χ0n) is 7.90. The lowest BCUT2D eigenvalue weighted by molar-refractivity contribution is -0.128. The molecule has 1 aliphatic heterocycles. The Labute approximate surface area is 86.7 Å². The standard InChI is InChI=1S/C9H13N3OS/c10-4-8-11-7(6-14-8)5-12-3-1-2-9(12)13/h6H,1-5,10H2. The molecule has 14 heavy (non-hydrogen) atoms. The molecule has 0 aromatic carbocycles. The lowest BCUT2D eigenvalue weighted by Gasteiger charge is -2.12. The van der Waals surface area contributed by atoms with Gasteiger partial charge >= 0.3 is 0 Å². The quantitative estimate of drug-likeness (QED) is 0.801. The van der Waals surface area contributed by atoms with E-state index in [1.54, 1.807) is 11.3 Å². The van der Waals surface area contributed by atoms with Crippen LogP contribution in [0.4, 0.5) is 0 Å². The molecule has 0 unspecified atom stereocenters. The van der Waals surface area contributed by atoms with Crippen molar-refractivity contribution >= 4 is 17.2 Å². The summed E-state index contributed by atoms with van der Waals surface area (Å²) in [7, 11) is 0. The fourth-order valence-electron chi connectivity index (χ4n) is 1.58. The van der Waals surface area contributed by atoms with Gasteiger partial charge in [0.05, 0.1) is 12.2 Å². The molecule has 4 nitrogen and oxygen atoms in total. The highest BCUT2D eigenvalue weighted by Gasteiger charge is 2.20. The van der Waals surface area contributed by atoms with E-state index in [4.69, 9.17) is 5.73 Å². The van der Waals surface area contributed by atoms with Crippen LogP contribution in [0.2, 0.25) is 0 Å². The zero-order chi connectivity index (χ0) is 9.97. The number of aromatic nitrogens is 1. The van der Waals surface area contributed by atoms with E-state index < -0.39 is 0 Å². The summed E-state index contributed by atoms with van der Waals surface area (Å²) >= 11 is 1.56. The molecule has 76 valence electrons. The average molecular weight is 211 g/mol. The topological polar surface area (TPSA) is 59.2 Å². The van der Waals surface area contributed by atoms with Crippen LogP contribution in [0.15, 0.2) is 5.38 Å². The Hall–Kier alpha value is -0.940. The molecular formula is C9H13N3OS. The first-order chi connectivity index (χ1) is 6.79. The van der Waals surface area contributed by atoms with Crippen molar-refractivity contribution < 1.29 is 4.79 Å². The van der Waals surface area contributed by atoms with Gasteiger partial charge in [0.1, 0.15) is 5.01 Å². The summed E-state index contributed by atoms with van der Waals surface area (Å²) in [6.07, 6.45) is 1.67. The number of carbonyl (C=O) groups is 1. The molecule has 2 N–H and O–H groups in total. The third-order valence-electron chi connectivity index (χ3n) is 2.30. The van der Waals surface area contributed by atoms with Crippen LogP contribution in [-0.4, -0.2) is 22.3 Å². The molecule has 1 aliphatic rings. The Morgan fingerprint density at radius 1 is 1.64 bits per heavy atom. The van der Waals surface area contributed by atoms with Crippen molar-refractivity contribution in [1.82, 2.24) is 9.88 Å². The van der Waals surface area contributed by atoms with Crippen molar-refractivity contribution in [3.8, 4) is 0 Å². The SMILES string of the molecule is NCc1nc(CN2CCCC2=O)cs1. The molecule has 1 fully saturated rings. The van der Waals surface area contributed by atoms with E-state index in [9.17, 15) is 4.79 Å². The van der Waals surface area contributed by atoms with Crippen LogP contribution in [0.25, 0.3) is 0 Å². The third kappa shape index (κ3) is 1.93. The number of hydrogen-bond donors (Lipinski definition) is 1. The van der Waals surface area contributed by atoms with E-state index in [-0.39, 0.29) is 5.91 Å². The first kappa shape index (κ1) is 9.61. The number of nitrogens with zero attached hydrogens (tertiary/aromatic N) is 2. The first-order valence-corrected chi connectivity index (χ1v) is 5.58. The van der Waals surface area contributed by atoms with Gasteiger partial charge in [0.2, 0.25) is 5.91 Å². The van der Waals surface area contributed by atoms with Gasteiger partial charge in [0.15, 0.2) is 0 Å². The maximum atomic E-state index is 11.3. The predicted molar refractivity (Wildman–Crippen MR) is 54.7 cm³/mol. The molecule has 0 radical (unpaired) electrons. The fourth-order valence-corrected chi connectivity index (χ4v) is 2.25. The molecule has 1 aromatic rings. The molecule has 2 heterocycles. The van der Waals surface area contributed by atoms with Gasteiger partial charge in [-0.1, -0.05) is 0 Å². The van der Waals surface area contributed by atoms with Crippen LogP contribution >= 0.6 is 11.3 Å². The lowest BCUT2D eigenvalue weighted by Crippen LogP contribution is -2.24. The molecule has 1 saturated heterocycles. The highest BCUT2D eigenvalue weighted by atomic mass is 32.1. The summed E-state index contributed by atoms with van der Waals surface area (Å²) in [6.45, 7) is 2.00. The van der Waals surface area contributed by atoms with Gasteiger partial charge in [-0.3, -0.25) is 4.79 Å². The van der Waals surface area contributed by atoms with E-state index in [0.29, 0.717) is 19.5 Å². The van der Waals surface area contributed by atoms with Gasteiger partial charge in [0, 0.05) is 24.9 Å². The Balaban J connectivity index is 1.99. The lowest BCUT2D eigenvalue weighted by atomic mass is 10.4. The molecule has 0 bridgehead atoms. The Bertz CT molecular complexity index is 337. The molecule has 1 amide bonds. The van der Waals surface area contributed by atoms with E-state index in [2.05, 4.69) is 4.98 Å². The highest BCUT2D eigenvalue weighted by molar-refractivity contribution is 7.09. The second-order valence-electron chi connectivity index (χ2n) is 3.36. The van der Waals surface area contributed by atoms with E-state index in [1.807, 2.05) is 10.3 Å². The summed E-state index contributed by atoms with van der Waals surface area (Å²) in [6, 6.07) is 0. The van der Waals surface area contributed by atoms with Crippen LogP contribution in [0, 0.1) is 0 Å². The van der Waals surface area contributed by atoms with E-state index in [1.165, 1.54) is 0 Å². The van der Waals surface area contributed by atoms with Gasteiger partial charge in [-0.25, -0.2) is 4.98 Å². The minimum Gasteiger partial charge on any atom is -0.337 e. The van der Waals surface area contributed by atoms with Crippen molar-refractivity contribution in [3.05, 3.63) is 16.1 Å². The van der Waals surface area contributed by atoms with Crippen LogP contribution in [0.3, 0.4) is 0 Å². The van der Waals surface area contributed by atoms with Gasteiger partial charge in [0.25, 0.3) is 0 Å². The summed E-state index contributed by atoms with van der Waals surface area (Å²) in [4.78, 5) is 17.5. The predicted octanol–water partition coefficient (Wildman–Crippen LogP) is 0.724. The van der Waals surface area contributed by atoms with Gasteiger partial charge in [-0.15, -0.1) is 11.3 Å². The molecule has 5 heteroatoms. The summed E-state index contributed by atoms with van der Waals surface area (Å²) in [5, 5.41) is 2.92. The summed E-state index contributed by atoms with van der Waals surface area (Å²) in [5.41, 5.74) is 6.43. The van der Waals surface area contributed by atoms with Gasteiger partial charge in [-0.05, 0) is 6.42 Å².